The molecule has 3 nitrogen and oxygen atoms in total. The molecule has 0 spiro atoms. The van der Waals surface area contributed by atoms with Crippen LogP contribution >= 0.6 is 0 Å². The van der Waals surface area contributed by atoms with E-state index in [1.54, 1.807) is 0 Å². The Hall–Kier alpha value is -2.94. The number of H-pyrrole nitrogens is 1. The van der Waals surface area contributed by atoms with Crippen molar-refractivity contribution in [2.45, 2.75) is 92.9 Å². The Morgan fingerprint density at radius 1 is 0.514 bits per heavy atom. The first-order valence-electron chi connectivity index (χ1n) is 13.1. The van der Waals surface area contributed by atoms with E-state index in [1.165, 1.54) is 22.3 Å². The smallest absolute Gasteiger partial charge is 0.0702 e. The summed E-state index contributed by atoms with van der Waals surface area (Å²) in [5, 5.41) is 0. The number of aromatic nitrogens is 1. The fraction of sp³-hybridized carbons (Fsp3) is 0.438. The number of nitrogens with zero attached hydrogens (tertiary/aromatic N) is 2. The first-order chi connectivity index (χ1) is 16.5. The largest absolute Gasteiger partial charge is 0.353 e. The molecule has 0 amide bonds. The summed E-state index contributed by atoms with van der Waals surface area (Å²) < 4.78 is 0. The van der Waals surface area contributed by atoms with E-state index in [2.05, 4.69) is 123 Å². The van der Waals surface area contributed by atoms with Crippen molar-refractivity contribution in [3.63, 3.8) is 0 Å². The average molecular weight is 470 g/mol. The lowest BCUT2D eigenvalue weighted by Gasteiger charge is -2.17. The molecule has 0 bridgehead atoms. The number of nitrogens with one attached hydrogen (secondary N) is 1. The van der Waals surface area contributed by atoms with Gasteiger partial charge in [-0.1, -0.05) is 91.8 Å². The molecule has 2 aromatic carbocycles. The summed E-state index contributed by atoms with van der Waals surface area (Å²) in [6.45, 7) is 22.1. The molecule has 0 unspecified atom stereocenters. The lowest BCUT2D eigenvalue weighted by atomic mass is 9.93. The molecule has 0 saturated carbocycles. The molecule has 35 heavy (non-hydrogen) atoms. The highest BCUT2D eigenvalue weighted by atomic mass is 14.8. The molecule has 3 heteroatoms. The fourth-order valence-corrected chi connectivity index (χ4v) is 4.55. The van der Waals surface area contributed by atoms with Crippen LogP contribution in [0.2, 0.25) is 0 Å². The van der Waals surface area contributed by atoms with Crippen LogP contribution in [-0.2, 0) is 0 Å². The summed E-state index contributed by atoms with van der Waals surface area (Å²) in [7, 11) is 0. The maximum absolute atomic E-state index is 5.15. The van der Waals surface area contributed by atoms with E-state index >= 15 is 0 Å². The first-order valence-corrected chi connectivity index (χ1v) is 13.1. The van der Waals surface area contributed by atoms with Crippen molar-refractivity contribution in [3.05, 3.63) is 82.2 Å². The van der Waals surface area contributed by atoms with Gasteiger partial charge in [-0.3, -0.25) is 9.98 Å². The molecule has 0 saturated heterocycles. The molecule has 1 heterocycles. The van der Waals surface area contributed by atoms with Crippen LogP contribution in [-0.4, -0.2) is 16.4 Å². The quantitative estimate of drug-likeness (QED) is 0.319. The summed E-state index contributed by atoms with van der Waals surface area (Å²) in [6.07, 6.45) is 0. The van der Waals surface area contributed by atoms with Crippen molar-refractivity contribution in [1.29, 1.82) is 0 Å². The number of rotatable bonds is 8. The molecule has 1 aromatic heterocycles. The minimum Gasteiger partial charge on any atom is -0.353 e. The van der Waals surface area contributed by atoms with Crippen LogP contribution < -0.4 is 0 Å². The van der Waals surface area contributed by atoms with Gasteiger partial charge in [0.25, 0.3) is 0 Å². The zero-order valence-corrected chi connectivity index (χ0v) is 23.3. The highest BCUT2D eigenvalue weighted by Crippen LogP contribution is 2.36. The number of hydrogen-bond acceptors (Lipinski definition) is 2. The SMILES string of the molecule is CC(=Nc1c(C(C)C)cccc1C(C)C)c1ccc(C(C)=Nc2c(C(C)C)cccc2C(C)C)[nH]1. The standard InChI is InChI=1S/C32H43N3/c1-19(2)25-13-11-14-26(20(3)4)31(25)33-23(9)29-17-18-30(35-29)24(10)34-32-27(21(5)6)15-12-16-28(32)22(7)8/h11-22,35H,1-10H3. The molecule has 0 aliphatic carbocycles. The van der Waals surface area contributed by atoms with Crippen LogP contribution in [0.25, 0.3) is 0 Å². The van der Waals surface area contributed by atoms with Crippen molar-refractivity contribution < 1.29 is 0 Å². The molecule has 3 aromatic rings. The van der Waals surface area contributed by atoms with Crippen molar-refractivity contribution >= 4 is 22.8 Å². The highest BCUT2D eigenvalue weighted by Gasteiger charge is 2.16. The van der Waals surface area contributed by atoms with Gasteiger partial charge >= 0.3 is 0 Å². The van der Waals surface area contributed by atoms with Gasteiger partial charge < -0.3 is 4.98 Å². The van der Waals surface area contributed by atoms with Crippen molar-refractivity contribution in [1.82, 2.24) is 4.98 Å². The summed E-state index contributed by atoms with van der Waals surface area (Å²) >= 11 is 0. The van der Waals surface area contributed by atoms with E-state index in [4.69, 9.17) is 9.98 Å². The average Bonchev–Trinajstić information content (AvgIpc) is 3.29. The van der Waals surface area contributed by atoms with E-state index in [-0.39, 0.29) is 0 Å². The molecule has 0 atom stereocenters. The van der Waals surface area contributed by atoms with Gasteiger partial charge in [0, 0.05) is 0 Å². The molecular formula is C32H43N3. The van der Waals surface area contributed by atoms with Gasteiger partial charge in [-0.25, -0.2) is 0 Å². The number of aromatic amines is 1. The van der Waals surface area contributed by atoms with Crippen molar-refractivity contribution in [3.8, 4) is 0 Å². The molecule has 0 fully saturated rings. The summed E-state index contributed by atoms with van der Waals surface area (Å²) in [5.41, 5.74) is 11.5. The van der Waals surface area contributed by atoms with Gasteiger partial charge in [0.1, 0.15) is 0 Å². The number of para-hydroxylation sites is 2. The minimum atomic E-state index is 0.421. The molecule has 0 aliphatic rings. The van der Waals surface area contributed by atoms with Crippen LogP contribution in [0.15, 0.2) is 58.5 Å². The highest BCUT2D eigenvalue weighted by molar-refractivity contribution is 6.03. The summed E-state index contributed by atoms with van der Waals surface area (Å²) in [4.78, 5) is 13.9. The molecular weight excluding hydrogens is 426 g/mol. The van der Waals surface area contributed by atoms with E-state index in [0.717, 1.165) is 34.2 Å². The van der Waals surface area contributed by atoms with Gasteiger partial charge in [-0.15, -0.1) is 0 Å². The number of aliphatic imine (C=N–C) groups is 2. The lowest BCUT2D eigenvalue weighted by Crippen LogP contribution is -2.02. The van der Waals surface area contributed by atoms with Crippen LogP contribution in [0.4, 0.5) is 11.4 Å². The molecule has 3 rings (SSSR count). The minimum absolute atomic E-state index is 0.421. The first kappa shape index (κ1) is 26.7. The van der Waals surface area contributed by atoms with Crippen LogP contribution in [0.5, 0.6) is 0 Å². The third-order valence-corrected chi connectivity index (χ3v) is 6.71. The maximum atomic E-state index is 5.15. The number of benzene rings is 2. The zero-order chi connectivity index (χ0) is 25.9. The lowest BCUT2D eigenvalue weighted by molar-refractivity contribution is 0.834. The maximum Gasteiger partial charge on any atom is 0.0702 e. The predicted octanol–water partition coefficient (Wildman–Crippen LogP) is 9.79. The molecule has 0 radical (unpaired) electrons. The summed E-state index contributed by atoms with van der Waals surface area (Å²) in [6, 6.07) is 17.4. The van der Waals surface area contributed by atoms with E-state index in [1.807, 2.05) is 0 Å². The Bertz CT molecular complexity index is 1070. The second-order valence-electron chi connectivity index (χ2n) is 10.9. The Morgan fingerprint density at radius 3 is 1.06 bits per heavy atom. The second-order valence-corrected chi connectivity index (χ2v) is 10.9. The summed E-state index contributed by atoms with van der Waals surface area (Å²) in [5.74, 6) is 1.69. The Kier molecular flexibility index (Phi) is 8.53. The normalized spacial score (nSPS) is 13.1. The molecule has 186 valence electrons. The fourth-order valence-electron chi connectivity index (χ4n) is 4.55. The topological polar surface area (TPSA) is 40.5 Å². The van der Waals surface area contributed by atoms with Gasteiger partial charge in [0.15, 0.2) is 0 Å². The van der Waals surface area contributed by atoms with E-state index in [0.29, 0.717) is 23.7 Å². The monoisotopic (exact) mass is 469 g/mol. The molecule has 0 aliphatic heterocycles. The second kappa shape index (κ2) is 11.2. The molecule has 1 N–H and O–H groups in total. The zero-order valence-electron chi connectivity index (χ0n) is 23.3. The Morgan fingerprint density at radius 2 is 0.800 bits per heavy atom. The third kappa shape index (κ3) is 6.01. The van der Waals surface area contributed by atoms with Gasteiger partial charge in [-0.05, 0) is 71.9 Å². The number of hydrogen-bond donors (Lipinski definition) is 1. The van der Waals surface area contributed by atoms with Crippen LogP contribution in [0, 0.1) is 0 Å². The van der Waals surface area contributed by atoms with Gasteiger partial charge in [0.2, 0.25) is 0 Å². The van der Waals surface area contributed by atoms with E-state index in [9.17, 15) is 0 Å². The van der Waals surface area contributed by atoms with E-state index < -0.39 is 0 Å². The van der Waals surface area contributed by atoms with Crippen molar-refractivity contribution in [2.75, 3.05) is 0 Å². The van der Waals surface area contributed by atoms with Gasteiger partial charge in [-0.2, -0.15) is 0 Å². The predicted molar refractivity (Wildman–Crippen MR) is 154 cm³/mol. The van der Waals surface area contributed by atoms with Gasteiger partial charge in [0.05, 0.1) is 34.2 Å². The Labute approximate surface area is 212 Å². The van der Waals surface area contributed by atoms with Crippen LogP contribution in [0.3, 0.4) is 0 Å². The Balaban J connectivity index is 2.03. The van der Waals surface area contributed by atoms with Crippen molar-refractivity contribution in [2.24, 2.45) is 9.98 Å². The van der Waals surface area contributed by atoms with Crippen LogP contribution in [0.1, 0.15) is 127 Å². The third-order valence-electron chi connectivity index (χ3n) is 6.71.